The second-order valence-electron chi connectivity index (χ2n) is 5.95. The number of nitrogens with zero attached hydrogens (tertiary/aromatic N) is 1. The fourth-order valence-electron chi connectivity index (χ4n) is 3.19. The van der Waals surface area contributed by atoms with Crippen LogP contribution in [0, 0.1) is 5.92 Å². The van der Waals surface area contributed by atoms with E-state index in [1.165, 1.54) is 32.1 Å². The van der Waals surface area contributed by atoms with Crippen molar-refractivity contribution in [2.45, 2.75) is 64.5 Å². The van der Waals surface area contributed by atoms with Crippen LogP contribution in [0.25, 0.3) is 0 Å². The molecule has 0 aromatic carbocycles. The molecule has 0 aromatic heterocycles. The minimum Gasteiger partial charge on any atom is -0.338 e. The van der Waals surface area contributed by atoms with Crippen molar-refractivity contribution >= 4 is 5.91 Å². The monoisotopic (exact) mass is 238 g/mol. The van der Waals surface area contributed by atoms with Gasteiger partial charge >= 0.3 is 0 Å². The zero-order chi connectivity index (χ0) is 12.3. The Morgan fingerprint density at radius 3 is 2.76 bits per heavy atom. The molecule has 2 fully saturated rings. The predicted molar refractivity (Wildman–Crippen MR) is 69.8 cm³/mol. The van der Waals surface area contributed by atoms with Crippen LogP contribution in [0.3, 0.4) is 0 Å². The molecule has 0 aromatic rings. The summed E-state index contributed by atoms with van der Waals surface area (Å²) in [6, 6.07) is 1.03. The van der Waals surface area contributed by atoms with E-state index >= 15 is 0 Å². The number of nitrogens with one attached hydrogen (secondary N) is 1. The van der Waals surface area contributed by atoms with E-state index in [9.17, 15) is 4.79 Å². The number of rotatable bonds is 3. The number of piperidine rings is 1. The third kappa shape index (κ3) is 3.21. The molecule has 2 saturated heterocycles. The predicted octanol–water partition coefficient (Wildman–Crippen LogP) is 2.17. The Morgan fingerprint density at radius 1 is 1.29 bits per heavy atom. The topological polar surface area (TPSA) is 32.3 Å². The second kappa shape index (κ2) is 5.85. The second-order valence-corrected chi connectivity index (χ2v) is 5.95. The van der Waals surface area contributed by atoms with Gasteiger partial charge in [-0.1, -0.05) is 13.8 Å². The maximum Gasteiger partial charge on any atom is 0.223 e. The Balaban J connectivity index is 1.98. The third-order valence-corrected chi connectivity index (χ3v) is 4.02. The summed E-state index contributed by atoms with van der Waals surface area (Å²) < 4.78 is 0. The summed E-state index contributed by atoms with van der Waals surface area (Å²) in [6.07, 6.45) is 6.90. The molecule has 2 heterocycles. The number of hydrogen-bond acceptors (Lipinski definition) is 2. The number of likely N-dealkylation sites (tertiary alicyclic amines) is 1. The summed E-state index contributed by atoms with van der Waals surface area (Å²) in [6.45, 7) is 6.37. The van der Waals surface area contributed by atoms with Crippen LogP contribution in [0.1, 0.15) is 52.4 Å². The molecular weight excluding hydrogens is 212 g/mol. The molecule has 2 atom stereocenters. The summed E-state index contributed by atoms with van der Waals surface area (Å²) in [5, 5.41) is 3.57. The molecular formula is C14H26N2O. The van der Waals surface area contributed by atoms with Gasteiger partial charge in [0.2, 0.25) is 5.91 Å². The summed E-state index contributed by atoms with van der Waals surface area (Å²) in [7, 11) is 0. The summed E-state index contributed by atoms with van der Waals surface area (Å²) in [4.78, 5) is 14.4. The van der Waals surface area contributed by atoms with Crippen molar-refractivity contribution in [3.8, 4) is 0 Å². The van der Waals surface area contributed by atoms with Crippen LogP contribution in [0.4, 0.5) is 0 Å². The van der Waals surface area contributed by atoms with Crippen LogP contribution in [0.15, 0.2) is 0 Å². The lowest BCUT2D eigenvalue weighted by atomic mass is 9.93. The van der Waals surface area contributed by atoms with Crippen LogP contribution in [0.5, 0.6) is 0 Å². The molecule has 2 rings (SSSR count). The lowest BCUT2D eigenvalue weighted by Crippen LogP contribution is -2.52. The molecule has 0 spiro atoms. The maximum atomic E-state index is 12.3. The molecule has 2 aliphatic rings. The van der Waals surface area contributed by atoms with Crippen molar-refractivity contribution in [3.05, 3.63) is 0 Å². The van der Waals surface area contributed by atoms with Gasteiger partial charge in [-0.05, 0) is 44.6 Å². The highest BCUT2D eigenvalue weighted by Crippen LogP contribution is 2.25. The van der Waals surface area contributed by atoms with E-state index in [1.807, 2.05) is 0 Å². The first kappa shape index (κ1) is 12.9. The minimum atomic E-state index is 0.374. The summed E-state index contributed by atoms with van der Waals surface area (Å²) in [5.74, 6) is 0.847. The van der Waals surface area contributed by atoms with Crippen LogP contribution >= 0.6 is 0 Å². The van der Waals surface area contributed by atoms with Crippen LogP contribution < -0.4 is 5.32 Å². The highest BCUT2D eigenvalue weighted by atomic mass is 16.2. The Kier molecular flexibility index (Phi) is 4.43. The van der Waals surface area contributed by atoms with E-state index in [1.54, 1.807) is 0 Å². The highest BCUT2D eigenvalue weighted by molar-refractivity contribution is 5.77. The van der Waals surface area contributed by atoms with E-state index in [0.717, 1.165) is 13.1 Å². The summed E-state index contributed by atoms with van der Waals surface area (Å²) >= 11 is 0. The van der Waals surface area contributed by atoms with E-state index < -0.39 is 0 Å². The molecule has 3 nitrogen and oxygen atoms in total. The number of amides is 1. The lowest BCUT2D eigenvalue weighted by molar-refractivity contribution is -0.136. The quantitative estimate of drug-likeness (QED) is 0.817. The molecule has 0 aliphatic carbocycles. The molecule has 0 bridgehead atoms. The lowest BCUT2D eigenvalue weighted by Gasteiger charge is -2.39. The van der Waals surface area contributed by atoms with Crippen LogP contribution in [0.2, 0.25) is 0 Å². The van der Waals surface area contributed by atoms with Crippen molar-refractivity contribution in [2.75, 3.05) is 13.1 Å². The largest absolute Gasteiger partial charge is 0.338 e. The SMILES string of the molecule is CC(C)CC(=O)N1CCCCC1C1CCCN1. The Labute approximate surface area is 105 Å². The third-order valence-electron chi connectivity index (χ3n) is 4.02. The van der Waals surface area contributed by atoms with Crippen molar-refractivity contribution in [3.63, 3.8) is 0 Å². The van der Waals surface area contributed by atoms with Crippen molar-refractivity contribution in [1.82, 2.24) is 10.2 Å². The molecule has 1 N–H and O–H groups in total. The molecule has 2 aliphatic heterocycles. The van der Waals surface area contributed by atoms with E-state index in [-0.39, 0.29) is 0 Å². The standard InChI is InChI=1S/C14H26N2O/c1-11(2)10-14(17)16-9-4-3-7-13(16)12-6-5-8-15-12/h11-13,15H,3-10H2,1-2H3. The van der Waals surface area contributed by atoms with Crippen LogP contribution in [-0.4, -0.2) is 36.0 Å². The van der Waals surface area contributed by atoms with Gasteiger partial charge in [0, 0.05) is 25.0 Å². The Bertz CT molecular complexity index is 259. The first-order valence-corrected chi connectivity index (χ1v) is 7.21. The van der Waals surface area contributed by atoms with Gasteiger partial charge in [-0.25, -0.2) is 0 Å². The molecule has 3 heteroatoms. The van der Waals surface area contributed by atoms with E-state index in [4.69, 9.17) is 0 Å². The number of carbonyl (C=O) groups is 1. The van der Waals surface area contributed by atoms with Gasteiger partial charge in [-0.15, -0.1) is 0 Å². The van der Waals surface area contributed by atoms with Gasteiger partial charge in [-0.3, -0.25) is 4.79 Å². The minimum absolute atomic E-state index is 0.374. The zero-order valence-corrected chi connectivity index (χ0v) is 11.2. The Hall–Kier alpha value is -0.570. The first-order chi connectivity index (χ1) is 8.18. The van der Waals surface area contributed by atoms with Gasteiger partial charge in [0.25, 0.3) is 0 Å². The fraction of sp³-hybridized carbons (Fsp3) is 0.929. The smallest absolute Gasteiger partial charge is 0.223 e. The van der Waals surface area contributed by atoms with Crippen molar-refractivity contribution in [2.24, 2.45) is 5.92 Å². The molecule has 0 radical (unpaired) electrons. The molecule has 17 heavy (non-hydrogen) atoms. The summed E-state index contributed by atoms with van der Waals surface area (Å²) in [5.41, 5.74) is 0. The van der Waals surface area contributed by atoms with Gasteiger partial charge in [-0.2, -0.15) is 0 Å². The normalized spacial score (nSPS) is 29.9. The van der Waals surface area contributed by atoms with Gasteiger partial charge in [0.05, 0.1) is 0 Å². The van der Waals surface area contributed by atoms with Gasteiger partial charge in [0.1, 0.15) is 0 Å². The Morgan fingerprint density at radius 2 is 2.12 bits per heavy atom. The average Bonchev–Trinajstić information content (AvgIpc) is 2.81. The number of hydrogen-bond donors (Lipinski definition) is 1. The zero-order valence-electron chi connectivity index (χ0n) is 11.2. The molecule has 1 amide bonds. The van der Waals surface area contributed by atoms with Crippen molar-refractivity contribution < 1.29 is 4.79 Å². The average molecular weight is 238 g/mol. The van der Waals surface area contributed by atoms with E-state index in [0.29, 0.717) is 30.3 Å². The first-order valence-electron chi connectivity index (χ1n) is 7.21. The molecule has 98 valence electrons. The maximum absolute atomic E-state index is 12.3. The van der Waals surface area contributed by atoms with Gasteiger partial charge < -0.3 is 10.2 Å². The van der Waals surface area contributed by atoms with E-state index in [2.05, 4.69) is 24.1 Å². The number of carbonyl (C=O) groups excluding carboxylic acids is 1. The molecule has 2 unspecified atom stereocenters. The fourth-order valence-corrected chi connectivity index (χ4v) is 3.19. The van der Waals surface area contributed by atoms with Crippen molar-refractivity contribution in [1.29, 1.82) is 0 Å². The highest BCUT2D eigenvalue weighted by Gasteiger charge is 2.33. The molecule has 0 saturated carbocycles. The van der Waals surface area contributed by atoms with Gasteiger partial charge in [0.15, 0.2) is 0 Å². The van der Waals surface area contributed by atoms with Crippen LogP contribution in [-0.2, 0) is 4.79 Å².